The molecule has 0 amide bonds. The van der Waals surface area contributed by atoms with Crippen molar-refractivity contribution in [1.82, 2.24) is 10.1 Å². The lowest BCUT2D eigenvalue weighted by molar-refractivity contribution is -0.159. The Labute approximate surface area is 152 Å². The van der Waals surface area contributed by atoms with Gasteiger partial charge in [-0.3, -0.25) is 0 Å². The van der Waals surface area contributed by atoms with Gasteiger partial charge in [0, 0.05) is 17.4 Å². The fourth-order valence-electron chi connectivity index (χ4n) is 2.29. The summed E-state index contributed by atoms with van der Waals surface area (Å²) in [6.45, 7) is 0. The fourth-order valence-corrected chi connectivity index (χ4v) is 3.73. The zero-order valence-electron chi connectivity index (χ0n) is 13.9. The molecule has 142 valence electrons. The average Bonchev–Trinajstić information content (AvgIpc) is 3.07. The van der Waals surface area contributed by atoms with Crippen LogP contribution in [0.1, 0.15) is 11.5 Å². The van der Waals surface area contributed by atoms with Crippen LogP contribution in [0.3, 0.4) is 0 Å². The van der Waals surface area contributed by atoms with Crippen LogP contribution in [-0.2, 0) is 21.7 Å². The summed E-state index contributed by atoms with van der Waals surface area (Å²) in [7, 11) is -2.77. The van der Waals surface area contributed by atoms with E-state index < -0.39 is 27.6 Å². The second-order valence-electron chi connectivity index (χ2n) is 5.75. The van der Waals surface area contributed by atoms with E-state index in [0.717, 1.165) is 0 Å². The Morgan fingerprint density at radius 3 is 2.37 bits per heavy atom. The third kappa shape index (κ3) is 4.70. The minimum atomic E-state index is -4.72. The molecule has 1 unspecified atom stereocenters. The molecule has 0 aliphatic carbocycles. The highest BCUT2D eigenvalue weighted by Gasteiger charge is 2.38. The first-order valence-electron chi connectivity index (χ1n) is 7.59. The van der Waals surface area contributed by atoms with Gasteiger partial charge in [0.05, 0.1) is 21.2 Å². The van der Waals surface area contributed by atoms with E-state index >= 15 is 0 Å². The Bertz CT molecular complexity index is 1070. The first kappa shape index (κ1) is 19.0. The maximum absolute atomic E-state index is 13.7. The number of hydrogen-bond acceptors (Lipinski definition) is 5. The van der Waals surface area contributed by atoms with Crippen LogP contribution in [0.2, 0.25) is 0 Å². The lowest BCUT2D eigenvalue weighted by atomic mass is 10.2. The smallest absolute Gasteiger partial charge is 0.329 e. The van der Waals surface area contributed by atoms with Crippen LogP contribution in [0.15, 0.2) is 57.4 Å². The minimum absolute atomic E-state index is 0.0682. The van der Waals surface area contributed by atoms with E-state index in [4.69, 9.17) is 0 Å². The lowest BCUT2D eigenvalue weighted by Crippen LogP contribution is -2.04. The maximum Gasteiger partial charge on any atom is 0.471 e. The minimum Gasteiger partial charge on any atom is -0.329 e. The predicted octanol–water partition coefficient (Wildman–Crippen LogP) is 4.82. The largest absolute Gasteiger partial charge is 0.471 e. The molecular weight excluding hydrogens is 386 g/mol. The van der Waals surface area contributed by atoms with Gasteiger partial charge in [-0.1, -0.05) is 23.4 Å². The number of alkyl halides is 3. The summed E-state index contributed by atoms with van der Waals surface area (Å²) in [4.78, 5) is 3.29. The van der Waals surface area contributed by atoms with E-state index in [1.165, 1.54) is 48.7 Å². The van der Waals surface area contributed by atoms with E-state index in [1.54, 1.807) is 6.07 Å². The van der Waals surface area contributed by atoms with Crippen molar-refractivity contribution >= 4 is 15.4 Å². The Morgan fingerprint density at radius 1 is 1.11 bits per heavy atom. The second-order valence-corrected chi connectivity index (χ2v) is 8.14. The van der Waals surface area contributed by atoms with E-state index in [9.17, 15) is 21.8 Å². The number of halogens is 4. The first-order chi connectivity index (χ1) is 12.6. The quantitative estimate of drug-likeness (QED) is 0.590. The number of rotatable bonds is 4. The van der Waals surface area contributed by atoms with E-state index in [1.807, 2.05) is 0 Å². The van der Waals surface area contributed by atoms with Gasteiger partial charge in [-0.25, -0.2) is 8.60 Å². The molecule has 0 saturated heterocycles. The molecule has 0 fully saturated rings. The van der Waals surface area contributed by atoms with Gasteiger partial charge in [-0.2, -0.15) is 22.5 Å². The van der Waals surface area contributed by atoms with Crippen molar-refractivity contribution in [2.24, 2.45) is 4.36 Å². The highest BCUT2D eigenvalue weighted by molar-refractivity contribution is 7.92. The van der Waals surface area contributed by atoms with Crippen LogP contribution in [0.4, 0.5) is 23.2 Å². The first-order valence-corrected chi connectivity index (χ1v) is 9.68. The molecule has 0 aliphatic heterocycles. The molecule has 3 aromatic rings. The Hall–Kier alpha value is -2.75. The molecule has 0 bridgehead atoms. The zero-order valence-corrected chi connectivity index (χ0v) is 14.7. The monoisotopic (exact) mass is 399 g/mol. The Kier molecular flexibility index (Phi) is 5.01. The van der Waals surface area contributed by atoms with Gasteiger partial charge in [-0.15, -0.1) is 0 Å². The van der Waals surface area contributed by atoms with Crippen molar-refractivity contribution in [3.63, 3.8) is 0 Å². The average molecular weight is 399 g/mol. The summed E-state index contributed by atoms with van der Waals surface area (Å²) >= 11 is 0. The molecule has 0 radical (unpaired) electrons. The predicted molar refractivity (Wildman–Crippen MR) is 91.0 cm³/mol. The summed E-state index contributed by atoms with van der Waals surface area (Å²) < 4.78 is 72.2. The molecule has 2 aromatic carbocycles. The molecule has 3 rings (SSSR count). The number of benzene rings is 2. The normalized spacial score (nSPS) is 14.0. The van der Waals surface area contributed by atoms with Gasteiger partial charge in [0.15, 0.2) is 0 Å². The fraction of sp³-hybridized carbons (Fsp3) is 0.176. The van der Waals surface area contributed by atoms with Crippen LogP contribution >= 0.6 is 0 Å². The lowest BCUT2D eigenvalue weighted by Gasteiger charge is -2.06. The van der Waals surface area contributed by atoms with Crippen LogP contribution in [0.25, 0.3) is 11.4 Å². The molecule has 0 N–H and O–H groups in total. The number of aromatic nitrogens is 2. The van der Waals surface area contributed by atoms with Crippen molar-refractivity contribution < 1.29 is 26.3 Å². The van der Waals surface area contributed by atoms with Gasteiger partial charge >= 0.3 is 12.1 Å². The third-order valence-corrected chi connectivity index (χ3v) is 4.92. The van der Waals surface area contributed by atoms with Crippen molar-refractivity contribution in [2.75, 3.05) is 6.26 Å². The number of nitrogens with zero attached hydrogens (tertiary/aromatic N) is 3. The Morgan fingerprint density at radius 2 is 1.78 bits per heavy atom. The standard InChI is InChI=1S/C17H13F4N3O2S/c1-27(25,10-12-4-2-3-5-14(12)18)24-13-8-6-11(7-9-13)15-22-16(26-23-15)17(19,20)21/h2-9H,10H2,1H3. The number of hydrogen-bond donors (Lipinski definition) is 0. The van der Waals surface area contributed by atoms with Crippen molar-refractivity contribution in [3.05, 3.63) is 65.8 Å². The molecule has 0 spiro atoms. The van der Waals surface area contributed by atoms with Crippen LogP contribution in [0, 0.1) is 5.82 Å². The third-order valence-electron chi connectivity index (χ3n) is 3.47. The van der Waals surface area contributed by atoms with Crippen LogP contribution < -0.4 is 0 Å². The molecule has 27 heavy (non-hydrogen) atoms. The molecule has 1 aromatic heterocycles. The molecule has 0 saturated carbocycles. The van der Waals surface area contributed by atoms with Gasteiger partial charge in [-0.05, 0) is 30.3 Å². The molecular formula is C17H13F4N3O2S. The van der Waals surface area contributed by atoms with Crippen LogP contribution in [-0.4, -0.2) is 20.6 Å². The topological polar surface area (TPSA) is 68.3 Å². The molecule has 1 heterocycles. The van der Waals surface area contributed by atoms with Gasteiger partial charge < -0.3 is 4.52 Å². The zero-order chi connectivity index (χ0) is 19.7. The molecule has 1 atom stereocenters. The molecule has 0 aliphatic rings. The highest BCUT2D eigenvalue weighted by Crippen LogP contribution is 2.30. The molecule has 10 heteroatoms. The summed E-state index contributed by atoms with van der Waals surface area (Å²) in [6.07, 6.45) is -3.32. The SMILES string of the molecule is CS(=O)(Cc1ccccc1F)=Nc1ccc(-c2noc(C(F)(F)F)n2)cc1. The van der Waals surface area contributed by atoms with E-state index in [2.05, 4.69) is 19.0 Å². The van der Waals surface area contributed by atoms with E-state index in [-0.39, 0.29) is 22.7 Å². The second kappa shape index (κ2) is 7.10. The van der Waals surface area contributed by atoms with Gasteiger partial charge in [0.25, 0.3) is 0 Å². The molecule has 5 nitrogen and oxygen atoms in total. The van der Waals surface area contributed by atoms with Gasteiger partial charge in [0.2, 0.25) is 5.82 Å². The summed E-state index contributed by atoms with van der Waals surface area (Å²) in [6, 6.07) is 11.8. The van der Waals surface area contributed by atoms with E-state index in [0.29, 0.717) is 5.69 Å². The Balaban J connectivity index is 1.82. The van der Waals surface area contributed by atoms with Crippen molar-refractivity contribution in [3.8, 4) is 11.4 Å². The van der Waals surface area contributed by atoms with Crippen molar-refractivity contribution in [2.45, 2.75) is 11.9 Å². The summed E-state index contributed by atoms with van der Waals surface area (Å²) in [5.41, 5.74) is 0.906. The van der Waals surface area contributed by atoms with Crippen LogP contribution in [0.5, 0.6) is 0 Å². The highest BCUT2D eigenvalue weighted by atomic mass is 32.2. The van der Waals surface area contributed by atoms with Crippen molar-refractivity contribution in [1.29, 1.82) is 0 Å². The summed E-state index contributed by atoms with van der Waals surface area (Å²) in [5.74, 6) is -2.19. The summed E-state index contributed by atoms with van der Waals surface area (Å²) in [5, 5.41) is 3.29. The van der Waals surface area contributed by atoms with Gasteiger partial charge in [0.1, 0.15) is 5.82 Å². The maximum atomic E-state index is 13.7.